The summed E-state index contributed by atoms with van der Waals surface area (Å²) in [5.41, 5.74) is 5.44. The minimum atomic E-state index is -0.313. The average molecular weight is 355 g/mol. The van der Waals surface area contributed by atoms with Crippen LogP contribution in [0.5, 0.6) is 0 Å². The van der Waals surface area contributed by atoms with Gasteiger partial charge in [0.15, 0.2) is 6.54 Å². The van der Waals surface area contributed by atoms with Crippen molar-refractivity contribution < 1.29 is 14.5 Å². The van der Waals surface area contributed by atoms with Gasteiger partial charge in [-0.05, 0) is 37.0 Å². The van der Waals surface area contributed by atoms with Crippen LogP contribution < -0.4 is 15.8 Å². The third-order valence-corrected chi connectivity index (χ3v) is 4.29. The second kappa shape index (κ2) is 7.56. The zero-order valence-electron chi connectivity index (χ0n) is 12.1. The first-order chi connectivity index (χ1) is 10.0. The van der Waals surface area contributed by atoms with Gasteiger partial charge in [0.25, 0.3) is 11.8 Å². The van der Waals surface area contributed by atoms with Crippen LogP contribution in [0, 0.1) is 5.92 Å². The van der Waals surface area contributed by atoms with Crippen molar-refractivity contribution in [2.75, 3.05) is 19.6 Å². The van der Waals surface area contributed by atoms with E-state index < -0.39 is 0 Å². The Hall–Kier alpha value is -1.40. The van der Waals surface area contributed by atoms with Crippen molar-refractivity contribution in [3.8, 4) is 0 Å². The van der Waals surface area contributed by atoms with Gasteiger partial charge in [0, 0.05) is 10.0 Å². The normalized spacial score (nSPS) is 21.6. The maximum absolute atomic E-state index is 11.9. The molecule has 2 rings (SSSR count). The summed E-state index contributed by atoms with van der Waals surface area (Å²) in [4.78, 5) is 25.0. The number of halogens is 1. The van der Waals surface area contributed by atoms with Crippen molar-refractivity contribution in [3.05, 3.63) is 34.3 Å². The molecule has 1 aliphatic heterocycles. The van der Waals surface area contributed by atoms with E-state index in [0.717, 1.165) is 36.3 Å². The molecule has 1 aliphatic rings. The molecule has 1 fully saturated rings. The summed E-state index contributed by atoms with van der Waals surface area (Å²) in [6.07, 6.45) is 2.32. The predicted octanol–water partition coefficient (Wildman–Crippen LogP) is 0.525. The Bertz CT molecular complexity index is 513. The van der Waals surface area contributed by atoms with Crippen LogP contribution in [0.25, 0.3) is 0 Å². The van der Waals surface area contributed by atoms with Crippen molar-refractivity contribution in [1.82, 2.24) is 10.9 Å². The molecule has 3 N–H and O–H groups in total. The van der Waals surface area contributed by atoms with Crippen molar-refractivity contribution in [1.29, 1.82) is 0 Å². The monoisotopic (exact) mass is 354 g/mol. The van der Waals surface area contributed by atoms with Crippen LogP contribution in [0.4, 0.5) is 0 Å². The molecule has 6 heteroatoms. The summed E-state index contributed by atoms with van der Waals surface area (Å²) in [7, 11) is 0. The molecule has 0 bridgehead atoms. The lowest BCUT2D eigenvalue weighted by atomic mass is 9.99. The number of amides is 2. The number of carbonyl (C=O) groups excluding carboxylic acids is 2. The van der Waals surface area contributed by atoms with Gasteiger partial charge in [-0.25, -0.2) is 0 Å². The molecule has 0 aromatic heterocycles. The number of hydrogen-bond acceptors (Lipinski definition) is 2. The zero-order valence-corrected chi connectivity index (χ0v) is 13.7. The molecule has 114 valence electrons. The molecule has 0 spiro atoms. The smallest absolute Gasteiger partial charge is 0.293 e. The summed E-state index contributed by atoms with van der Waals surface area (Å²) in [6.45, 7) is 4.70. The zero-order chi connectivity index (χ0) is 15.2. The Balaban J connectivity index is 1.75. The lowest BCUT2D eigenvalue weighted by Crippen LogP contribution is -3.14. The summed E-state index contributed by atoms with van der Waals surface area (Å²) < 4.78 is 0.827. The number of piperidine rings is 1. The molecule has 0 unspecified atom stereocenters. The minimum absolute atomic E-state index is 0.150. The Morgan fingerprint density at radius 2 is 2.00 bits per heavy atom. The quantitative estimate of drug-likeness (QED) is 0.693. The van der Waals surface area contributed by atoms with E-state index in [2.05, 4.69) is 33.7 Å². The molecule has 0 radical (unpaired) electrons. The van der Waals surface area contributed by atoms with E-state index in [1.165, 1.54) is 4.90 Å². The van der Waals surface area contributed by atoms with Crippen LogP contribution in [0.15, 0.2) is 28.7 Å². The van der Waals surface area contributed by atoms with Crippen molar-refractivity contribution in [2.45, 2.75) is 19.8 Å². The van der Waals surface area contributed by atoms with Gasteiger partial charge in [-0.1, -0.05) is 28.9 Å². The first-order valence-corrected chi connectivity index (χ1v) is 8.02. The standard InChI is InChI=1S/C15H20BrN3O2/c1-11-5-7-19(8-6-11)10-14(20)17-18-15(21)12-3-2-4-13(16)9-12/h2-4,9,11H,5-8,10H2,1H3,(H,17,20)(H,18,21)/p+1. The highest BCUT2D eigenvalue weighted by Gasteiger charge is 2.21. The Morgan fingerprint density at radius 1 is 1.29 bits per heavy atom. The number of nitrogens with one attached hydrogen (secondary N) is 3. The van der Waals surface area contributed by atoms with E-state index in [0.29, 0.717) is 12.1 Å². The molecule has 2 amide bonds. The van der Waals surface area contributed by atoms with E-state index in [1.807, 2.05) is 6.07 Å². The Kier molecular flexibility index (Phi) is 5.76. The summed E-state index contributed by atoms with van der Waals surface area (Å²) in [6, 6.07) is 7.03. The van der Waals surface area contributed by atoms with Crippen LogP contribution >= 0.6 is 15.9 Å². The number of quaternary nitrogens is 1. The number of benzene rings is 1. The third kappa shape index (κ3) is 5.13. The van der Waals surface area contributed by atoms with E-state index in [1.54, 1.807) is 18.2 Å². The maximum Gasteiger partial charge on any atom is 0.293 e. The predicted molar refractivity (Wildman–Crippen MR) is 83.7 cm³/mol. The van der Waals surface area contributed by atoms with E-state index in [9.17, 15) is 9.59 Å². The number of hydrazine groups is 1. The summed E-state index contributed by atoms with van der Waals surface area (Å²) in [5, 5.41) is 0. The molecular formula is C15H21BrN3O2+. The van der Waals surface area contributed by atoms with Crippen molar-refractivity contribution in [3.63, 3.8) is 0 Å². The van der Waals surface area contributed by atoms with Crippen LogP contribution in [-0.4, -0.2) is 31.4 Å². The molecule has 1 aromatic carbocycles. The first-order valence-electron chi connectivity index (χ1n) is 7.23. The Labute approximate surface area is 133 Å². The molecule has 1 saturated heterocycles. The van der Waals surface area contributed by atoms with Crippen LogP contribution in [0.3, 0.4) is 0 Å². The second-order valence-electron chi connectivity index (χ2n) is 5.62. The fourth-order valence-electron chi connectivity index (χ4n) is 2.45. The maximum atomic E-state index is 11.9. The molecule has 1 aromatic rings. The molecule has 0 aliphatic carbocycles. The van der Waals surface area contributed by atoms with Gasteiger partial charge in [0.2, 0.25) is 0 Å². The highest BCUT2D eigenvalue weighted by molar-refractivity contribution is 9.10. The van der Waals surface area contributed by atoms with Gasteiger partial charge >= 0.3 is 0 Å². The second-order valence-corrected chi connectivity index (χ2v) is 6.54. The highest BCUT2D eigenvalue weighted by atomic mass is 79.9. The number of rotatable bonds is 3. The minimum Gasteiger partial charge on any atom is -0.327 e. The van der Waals surface area contributed by atoms with E-state index in [-0.39, 0.29) is 11.8 Å². The van der Waals surface area contributed by atoms with Crippen LogP contribution in [0.1, 0.15) is 30.1 Å². The highest BCUT2D eigenvalue weighted by Crippen LogP contribution is 2.11. The number of hydrogen-bond donors (Lipinski definition) is 3. The fourth-order valence-corrected chi connectivity index (χ4v) is 2.85. The van der Waals surface area contributed by atoms with Crippen molar-refractivity contribution in [2.24, 2.45) is 5.92 Å². The van der Waals surface area contributed by atoms with E-state index in [4.69, 9.17) is 0 Å². The van der Waals surface area contributed by atoms with Gasteiger partial charge in [-0.15, -0.1) is 0 Å². The van der Waals surface area contributed by atoms with Gasteiger partial charge in [0.05, 0.1) is 13.1 Å². The average Bonchev–Trinajstić information content (AvgIpc) is 2.47. The lowest BCUT2D eigenvalue weighted by molar-refractivity contribution is -0.898. The molecule has 1 heterocycles. The van der Waals surface area contributed by atoms with Gasteiger partial charge in [-0.3, -0.25) is 20.4 Å². The SMILES string of the molecule is CC1CC[NH+](CC(=O)NNC(=O)c2cccc(Br)c2)CC1. The largest absolute Gasteiger partial charge is 0.327 e. The Morgan fingerprint density at radius 3 is 2.67 bits per heavy atom. The van der Waals surface area contributed by atoms with Gasteiger partial charge in [0.1, 0.15) is 0 Å². The van der Waals surface area contributed by atoms with Gasteiger partial charge in [-0.2, -0.15) is 0 Å². The molecule has 0 saturated carbocycles. The summed E-state index contributed by atoms with van der Waals surface area (Å²) in [5.74, 6) is 0.294. The lowest BCUT2D eigenvalue weighted by Gasteiger charge is -2.26. The fraction of sp³-hybridized carbons (Fsp3) is 0.467. The topological polar surface area (TPSA) is 62.6 Å². The number of likely N-dealkylation sites (tertiary alicyclic amines) is 1. The van der Waals surface area contributed by atoms with Crippen LogP contribution in [-0.2, 0) is 4.79 Å². The molecule has 21 heavy (non-hydrogen) atoms. The van der Waals surface area contributed by atoms with Gasteiger partial charge < -0.3 is 4.90 Å². The molecule has 5 nitrogen and oxygen atoms in total. The first kappa shape index (κ1) is 16.0. The molecular weight excluding hydrogens is 334 g/mol. The summed E-state index contributed by atoms with van der Waals surface area (Å²) >= 11 is 3.31. The molecule has 0 atom stereocenters. The number of carbonyl (C=O) groups is 2. The third-order valence-electron chi connectivity index (χ3n) is 3.79. The van der Waals surface area contributed by atoms with Crippen molar-refractivity contribution >= 4 is 27.7 Å². The van der Waals surface area contributed by atoms with E-state index >= 15 is 0 Å². The van der Waals surface area contributed by atoms with Crippen LogP contribution in [0.2, 0.25) is 0 Å².